The summed E-state index contributed by atoms with van der Waals surface area (Å²) < 4.78 is 17.1. The van der Waals surface area contributed by atoms with Crippen LogP contribution in [0.25, 0.3) is 11.3 Å². The second-order valence-corrected chi connectivity index (χ2v) is 6.37. The van der Waals surface area contributed by atoms with Gasteiger partial charge in [0, 0.05) is 18.7 Å². The number of rotatable bonds is 10. The molecular formula is C21H31N3O3. The van der Waals surface area contributed by atoms with Crippen molar-refractivity contribution in [2.24, 2.45) is 0 Å². The van der Waals surface area contributed by atoms with Gasteiger partial charge in [-0.3, -0.25) is 0 Å². The second kappa shape index (κ2) is 10.00. The van der Waals surface area contributed by atoms with E-state index in [4.69, 9.17) is 19.2 Å². The molecule has 27 heavy (non-hydrogen) atoms. The number of hydrogen-bond donors (Lipinski definition) is 1. The number of aryl methyl sites for hydroxylation is 2. The first kappa shape index (κ1) is 20.8. The Morgan fingerprint density at radius 2 is 1.78 bits per heavy atom. The quantitative estimate of drug-likeness (QED) is 0.605. The van der Waals surface area contributed by atoms with Crippen molar-refractivity contribution in [3.05, 3.63) is 23.4 Å². The molecule has 0 unspecified atom stereocenters. The highest BCUT2D eigenvalue weighted by Crippen LogP contribution is 2.37. The highest BCUT2D eigenvalue weighted by atomic mass is 16.5. The van der Waals surface area contributed by atoms with Gasteiger partial charge < -0.3 is 19.5 Å². The third-order valence-corrected chi connectivity index (χ3v) is 4.31. The van der Waals surface area contributed by atoms with Gasteiger partial charge in [0.05, 0.1) is 31.7 Å². The topological polar surface area (TPSA) is 65.5 Å². The molecule has 0 spiro atoms. The van der Waals surface area contributed by atoms with Crippen molar-refractivity contribution in [3.63, 3.8) is 0 Å². The maximum Gasteiger partial charge on any atom is 0.257 e. The van der Waals surface area contributed by atoms with Crippen LogP contribution >= 0.6 is 0 Å². The summed E-state index contributed by atoms with van der Waals surface area (Å²) in [5, 5.41) is 3.09. The third-order valence-electron chi connectivity index (χ3n) is 4.31. The summed E-state index contributed by atoms with van der Waals surface area (Å²) in [6.07, 6.45) is 3.30. The summed E-state index contributed by atoms with van der Waals surface area (Å²) in [4.78, 5) is 9.41. The number of benzene rings is 1. The largest absolute Gasteiger partial charge is 0.496 e. The number of nitrogens with one attached hydrogen (secondary N) is 1. The average Bonchev–Trinajstić information content (AvgIpc) is 2.67. The van der Waals surface area contributed by atoms with Crippen molar-refractivity contribution in [2.75, 3.05) is 32.7 Å². The van der Waals surface area contributed by atoms with Gasteiger partial charge in [0.25, 0.3) is 5.88 Å². The fraction of sp³-hybridized carbons (Fsp3) is 0.524. The maximum atomic E-state index is 5.85. The first-order valence-electron chi connectivity index (χ1n) is 9.56. The summed E-state index contributed by atoms with van der Waals surface area (Å²) in [6.45, 7) is 9.34. The highest BCUT2D eigenvalue weighted by molar-refractivity contribution is 5.73. The van der Waals surface area contributed by atoms with Crippen molar-refractivity contribution < 1.29 is 14.2 Å². The van der Waals surface area contributed by atoms with Gasteiger partial charge >= 0.3 is 0 Å². The van der Waals surface area contributed by atoms with E-state index >= 15 is 0 Å². The molecule has 6 heteroatoms. The van der Waals surface area contributed by atoms with Crippen LogP contribution in [0.1, 0.15) is 44.4 Å². The van der Waals surface area contributed by atoms with Gasteiger partial charge in [0.15, 0.2) is 5.82 Å². The monoisotopic (exact) mass is 373 g/mol. The summed E-state index contributed by atoms with van der Waals surface area (Å²) in [5.74, 6) is 2.69. The number of anilines is 1. The molecule has 0 aliphatic carbocycles. The van der Waals surface area contributed by atoms with Crippen LogP contribution in [0.2, 0.25) is 0 Å². The molecule has 0 aliphatic heterocycles. The average molecular weight is 373 g/mol. The van der Waals surface area contributed by atoms with Crippen LogP contribution in [0.4, 0.5) is 5.82 Å². The minimum Gasteiger partial charge on any atom is -0.496 e. The minimum atomic E-state index is 0.538. The molecular weight excluding hydrogens is 342 g/mol. The van der Waals surface area contributed by atoms with Crippen LogP contribution in [0.15, 0.2) is 12.1 Å². The summed E-state index contributed by atoms with van der Waals surface area (Å²) in [7, 11) is 3.47. The Morgan fingerprint density at radius 1 is 1.00 bits per heavy atom. The molecule has 1 heterocycles. The van der Waals surface area contributed by atoms with E-state index in [1.807, 2.05) is 40.0 Å². The SMILES string of the molecule is CCCCCOc1nc(C)c(-c2cc(C)c(OCC)cc2OC)nc1NC. The molecule has 1 aromatic carbocycles. The number of hydrogen-bond acceptors (Lipinski definition) is 6. The third kappa shape index (κ3) is 5.02. The zero-order chi connectivity index (χ0) is 19.8. The van der Waals surface area contributed by atoms with Crippen LogP contribution in [0.5, 0.6) is 17.4 Å². The lowest BCUT2D eigenvalue weighted by Crippen LogP contribution is -2.07. The van der Waals surface area contributed by atoms with Gasteiger partial charge in [-0.25, -0.2) is 9.97 Å². The standard InChI is InChI=1S/C21H31N3O3/c1-7-9-10-11-27-21-20(22-5)24-19(15(4)23-21)16-12-14(3)17(26-8-2)13-18(16)25-6/h12-13H,7-11H2,1-6H3,(H,22,24). The molecule has 0 saturated carbocycles. The van der Waals surface area contributed by atoms with Crippen LogP contribution < -0.4 is 19.5 Å². The molecule has 0 radical (unpaired) electrons. The van der Waals surface area contributed by atoms with E-state index in [2.05, 4.69) is 17.2 Å². The molecule has 2 aromatic rings. The molecule has 1 aromatic heterocycles. The molecule has 148 valence electrons. The number of unbranched alkanes of at least 4 members (excludes halogenated alkanes) is 2. The minimum absolute atomic E-state index is 0.538. The Bertz CT molecular complexity index is 763. The van der Waals surface area contributed by atoms with E-state index in [0.29, 0.717) is 30.7 Å². The number of methoxy groups -OCH3 is 1. The van der Waals surface area contributed by atoms with Gasteiger partial charge in [0.2, 0.25) is 0 Å². The normalized spacial score (nSPS) is 10.6. The van der Waals surface area contributed by atoms with E-state index < -0.39 is 0 Å². The summed E-state index contributed by atoms with van der Waals surface area (Å²) >= 11 is 0. The summed E-state index contributed by atoms with van der Waals surface area (Å²) in [6, 6.07) is 3.94. The molecule has 0 amide bonds. The fourth-order valence-corrected chi connectivity index (χ4v) is 2.87. The van der Waals surface area contributed by atoms with E-state index in [-0.39, 0.29) is 0 Å². The van der Waals surface area contributed by atoms with Crippen LogP contribution in [-0.2, 0) is 0 Å². The summed E-state index contributed by atoms with van der Waals surface area (Å²) in [5.41, 5.74) is 3.47. The molecule has 6 nitrogen and oxygen atoms in total. The Kier molecular flexibility index (Phi) is 7.70. The first-order chi connectivity index (χ1) is 13.0. The van der Waals surface area contributed by atoms with Crippen molar-refractivity contribution in [2.45, 2.75) is 47.0 Å². The molecule has 0 aliphatic rings. The maximum absolute atomic E-state index is 5.85. The zero-order valence-corrected chi connectivity index (χ0v) is 17.3. The molecule has 0 saturated heterocycles. The Morgan fingerprint density at radius 3 is 2.41 bits per heavy atom. The smallest absolute Gasteiger partial charge is 0.257 e. The lowest BCUT2D eigenvalue weighted by Gasteiger charge is -2.17. The Labute approximate surface area is 162 Å². The van der Waals surface area contributed by atoms with E-state index in [0.717, 1.165) is 47.5 Å². The number of nitrogens with zero attached hydrogens (tertiary/aromatic N) is 2. The molecule has 0 fully saturated rings. The van der Waals surface area contributed by atoms with Gasteiger partial charge in [-0.2, -0.15) is 0 Å². The van der Waals surface area contributed by atoms with Crippen molar-refractivity contribution in [3.8, 4) is 28.6 Å². The van der Waals surface area contributed by atoms with Crippen molar-refractivity contribution in [1.82, 2.24) is 9.97 Å². The van der Waals surface area contributed by atoms with Crippen LogP contribution in [-0.4, -0.2) is 37.3 Å². The van der Waals surface area contributed by atoms with Gasteiger partial charge in [-0.1, -0.05) is 19.8 Å². The zero-order valence-electron chi connectivity index (χ0n) is 17.3. The second-order valence-electron chi connectivity index (χ2n) is 6.37. The predicted molar refractivity (Wildman–Crippen MR) is 109 cm³/mol. The van der Waals surface area contributed by atoms with Gasteiger partial charge in [-0.05, 0) is 38.8 Å². The molecule has 0 atom stereocenters. The van der Waals surface area contributed by atoms with Crippen molar-refractivity contribution >= 4 is 5.82 Å². The predicted octanol–water partition coefficient (Wildman–Crippen LogP) is 4.78. The number of aromatic nitrogens is 2. The van der Waals surface area contributed by atoms with Gasteiger partial charge in [0.1, 0.15) is 11.5 Å². The lowest BCUT2D eigenvalue weighted by atomic mass is 10.0. The number of ether oxygens (including phenoxy) is 3. The highest BCUT2D eigenvalue weighted by Gasteiger charge is 2.18. The molecule has 0 bridgehead atoms. The van der Waals surface area contributed by atoms with Gasteiger partial charge in [-0.15, -0.1) is 0 Å². The first-order valence-corrected chi connectivity index (χ1v) is 9.56. The van der Waals surface area contributed by atoms with Crippen LogP contribution in [0.3, 0.4) is 0 Å². The van der Waals surface area contributed by atoms with Crippen LogP contribution in [0, 0.1) is 13.8 Å². The van der Waals surface area contributed by atoms with Crippen molar-refractivity contribution in [1.29, 1.82) is 0 Å². The van der Waals surface area contributed by atoms with E-state index in [9.17, 15) is 0 Å². The molecule has 1 N–H and O–H groups in total. The van der Waals surface area contributed by atoms with E-state index in [1.54, 1.807) is 7.11 Å². The van der Waals surface area contributed by atoms with E-state index in [1.165, 1.54) is 0 Å². The Hall–Kier alpha value is -2.50. The Balaban J connectivity index is 2.42. The molecule has 2 rings (SSSR count). The fourth-order valence-electron chi connectivity index (χ4n) is 2.87. The lowest BCUT2D eigenvalue weighted by molar-refractivity contribution is 0.295.